The first-order valence-corrected chi connectivity index (χ1v) is 7.02. The summed E-state index contributed by atoms with van der Waals surface area (Å²) < 4.78 is 39.4. The van der Waals surface area contributed by atoms with Gasteiger partial charge >= 0.3 is 6.18 Å². The number of β-amino-alcohol motifs (C(OH)–C–C–N with tert-alkyl or cyclic N) is 1. The molecule has 1 saturated heterocycles. The molecular weight excluding hydrogens is 287 g/mol. The number of alkyl halides is 3. The molecule has 118 valence electrons. The summed E-state index contributed by atoms with van der Waals surface area (Å²) >= 11 is 0. The monoisotopic (exact) mass is 305 g/mol. The van der Waals surface area contributed by atoms with Gasteiger partial charge in [0.1, 0.15) is 5.82 Å². The number of fused-ring (bicyclic) bond motifs is 1. The van der Waals surface area contributed by atoms with Crippen molar-refractivity contribution in [2.75, 3.05) is 26.2 Å². The van der Waals surface area contributed by atoms with Crippen molar-refractivity contribution in [3.05, 3.63) is 11.6 Å². The second kappa shape index (κ2) is 5.22. The third-order valence-electron chi connectivity index (χ3n) is 4.14. The standard InChI is InChI=1S/C12H18F3N5O/c13-12(14,15)10-18-17-9-7-19(5-6-20(9)10)8-11(21)1-3-16-4-2-11/h16,21H,1-8H2. The van der Waals surface area contributed by atoms with Gasteiger partial charge in [0.2, 0.25) is 5.82 Å². The van der Waals surface area contributed by atoms with E-state index in [9.17, 15) is 18.3 Å². The van der Waals surface area contributed by atoms with Crippen LogP contribution in [0.5, 0.6) is 0 Å². The summed E-state index contributed by atoms with van der Waals surface area (Å²) in [5, 5.41) is 20.6. The van der Waals surface area contributed by atoms with Crippen LogP contribution in [-0.2, 0) is 19.3 Å². The number of piperidine rings is 1. The van der Waals surface area contributed by atoms with Crippen molar-refractivity contribution in [1.82, 2.24) is 25.0 Å². The molecule has 9 heteroatoms. The van der Waals surface area contributed by atoms with Gasteiger partial charge in [-0.15, -0.1) is 10.2 Å². The van der Waals surface area contributed by atoms with E-state index in [1.807, 2.05) is 4.90 Å². The fourth-order valence-electron chi connectivity index (χ4n) is 3.02. The Morgan fingerprint density at radius 2 is 1.90 bits per heavy atom. The smallest absolute Gasteiger partial charge is 0.388 e. The molecular formula is C12H18F3N5O. The average Bonchev–Trinajstić information content (AvgIpc) is 2.82. The Morgan fingerprint density at radius 1 is 1.19 bits per heavy atom. The number of rotatable bonds is 2. The molecule has 1 fully saturated rings. The molecule has 3 rings (SSSR count). The quantitative estimate of drug-likeness (QED) is 0.819. The summed E-state index contributed by atoms with van der Waals surface area (Å²) in [4.78, 5) is 1.95. The fourth-order valence-corrected chi connectivity index (χ4v) is 3.02. The van der Waals surface area contributed by atoms with E-state index in [0.717, 1.165) is 17.7 Å². The minimum atomic E-state index is -4.47. The van der Waals surface area contributed by atoms with Crippen LogP contribution in [0.25, 0.3) is 0 Å². The molecule has 0 aromatic carbocycles. The van der Waals surface area contributed by atoms with Crippen LogP contribution >= 0.6 is 0 Å². The Kier molecular flexibility index (Phi) is 3.66. The highest BCUT2D eigenvalue weighted by Crippen LogP contribution is 2.30. The van der Waals surface area contributed by atoms with Crippen LogP contribution < -0.4 is 5.32 Å². The van der Waals surface area contributed by atoms with Crippen LogP contribution in [-0.4, -0.2) is 56.6 Å². The summed E-state index contributed by atoms with van der Waals surface area (Å²) in [5.41, 5.74) is -0.764. The molecule has 2 aliphatic rings. The normalized spacial score (nSPS) is 23.0. The minimum absolute atomic E-state index is 0.200. The minimum Gasteiger partial charge on any atom is -0.388 e. The molecule has 0 saturated carbocycles. The van der Waals surface area contributed by atoms with Crippen LogP contribution in [0.1, 0.15) is 24.5 Å². The van der Waals surface area contributed by atoms with Crippen LogP contribution in [0.3, 0.4) is 0 Å². The zero-order valence-corrected chi connectivity index (χ0v) is 11.5. The van der Waals surface area contributed by atoms with Crippen LogP contribution in [0, 0.1) is 0 Å². The maximum Gasteiger partial charge on any atom is 0.451 e. The van der Waals surface area contributed by atoms with E-state index in [0.29, 0.717) is 38.3 Å². The zero-order chi connectivity index (χ0) is 15.1. The SMILES string of the molecule is OC1(CN2CCn3c(nnc3C(F)(F)F)C2)CCNCC1. The lowest BCUT2D eigenvalue weighted by atomic mass is 9.91. The molecule has 2 aliphatic heterocycles. The van der Waals surface area contributed by atoms with Crippen molar-refractivity contribution in [3.63, 3.8) is 0 Å². The van der Waals surface area contributed by atoms with Gasteiger partial charge in [-0.25, -0.2) is 0 Å². The number of nitrogens with zero attached hydrogens (tertiary/aromatic N) is 4. The van der Waals surface area contributed by atoms with E-state index >= 15 is 0 Å². The van der Waals surface area contributed by atoms with Gasteiger partial charge in [-0.2, -0.15) is 13.2 Å². The van der Waals surface area contributed by atoms with Crippen molar-refractivity contribution in [2.45, 2.75) is 37.7 Å². The number of hydrogen-bond donors (Lipinski definition) is 2. The molecule has 3 heterocycles. The number of hydrogen-bond acceptors (Lipinski definition) is 5. The fraction of sp³-hybridized carbons (Fsp3) is 0.833. The zero-order valence-electron chi connectivity index (χ0n) is 11.5. The molecule has 1 aromatic heterocycles. The lowest BCUT2D eigenvalue weighted by Gasteiger charge is -2.38. The summed E-state index contributed by atoms with van der Waals surface area (Å²) in [7, 11) is 0. The summed E-state index contributed by atoms with van der Waals surface area (Å²) in [5.74, 6) is -0.621. The second-order valence-electron chi connectivity index (χ2n) is 5.77. The van der Waals surface area contributed by atoms with Gasteiger partial charge < -0.3 is 15.0 Å². The topological polar surface area (TPSA) is 66.2 Å². The molecule has 2 N–H and O–H groups in total. The molecule has 6 nitrogen and oxygen atoms in total. The Morgan fingerprint density at radius 3 is 2.57 bits per heavy atom. The predicted octanol–water partition coefficient (Wildman–Crippen LogP) is 0.227. The molecule has 0 bridgehead atoms. The Hall–Kier alpha value is -1.19. The van der Waals surface area contributed by atoms with Crippen molar-refractivity contribution in [1.29, 1.82) is 0 Å². The molecule has 0 amide bonds. The number of aliphatic hydroxyl groups is 1. The molecule has 0 spiro atoms. The number of halogens is 3. The lowest BCUT2D eigenvalue weighted by molar-refractivity contribution is -0.148. The predicted molar refractivity (Wildman–Crippen MR) is 67.4 cm³/mol. The Labute approximate surface area is 119 Å². The van der Waals surface area contributed by atoms with Gasteiger partial charge in [0.15, 0.2) is 0 Å². The summed E-state index contributed by atoms with van der Waals surface area (Å²) in [6.45, 7) is 2.94. The highest BCUT2D eigenvalue weighted by atomic mass is 19.4. The van der Waals surface area contributed by atoms with E-state index in [-0.39, 0.29) is 6.54 Å². The second-order valence-corrected chi connectivity index (χ2v) is 5.77. The highest BCUT2D eigenvalue weighted by Gasteiger charge is 2.40. The highest BCUT2D eigenvalue weighted by molar-refractivity contribution is 5.03. The van der Waals surface area contributed by atoms with Crippen LogP contribution in [0.15, 0.2) is 0 Å². The van der Waals surface area contributed by atoms with E-state index in [4.69, 9.17) is 0 Å². The summed E-state index contributed by atoms with van der Waals surface area (Å²) in [6, 6.07) is 0. The van der Waals surface area contributed by atoms with Crippen molar-refractivity contribution >= 4 is 0 Å². The molecule has 0 unspecified atom stereocenters. The maximum absolute atomic E-state index is 12.8. The van der Waals surface area contributed by atoms with Crippen LogP contribution in [0.4, 0.5) is 13.2 Å². The Bertz CT molecular complexity index is 509. The van der Waals surface area contributed by atoms with Gasteiger partial charge in [0, 0.05) is 19.6 Å². The van der Waals surface area contributed by atoms with E-state index in [1.165, 1.54) is 0 Å². The number of nitrogens with one attached hydrogen (secondary N) is 1. The number of aromatic nitrogens is 3. The van der Waals surface area contributed by atoms with E-state index < -0.39 is 17.6 Å². The van der Waals surface area contributed by atoms with Gasteiger partial charge in [-0.1, -0.05) is 0 Å². The molecule has 1 aromatic rings. The van der Waals surface area contributed by atoms with Gasteiger partial charge in [0.25, 0.3) is 0 Å². The largest absolute Gasteiger partial charge is 0.451 e. The Balaban J connectivity index is 1.69. The van der Waals surface area contributed by atoms with Crippen molar-refractivity contribution in [2.24, 2.45) is 0 Å². The molecule has 0 atom stereocenters. The first kappa shape index (κ1) is 14.7. The maximum atomic E-state index is 12.8. The molecule has 0 aliphatic carbocycles. The third kappa shape index (κ3) is 3.04. The van der Waals surface area contributed by atoms with Gasteiger partial charge in [-0.05, 0) is 25.9 Å². The van der Waals surface area contributed by atoms with E-state index in [1.54, 1.807) is 0 Å². The first-order chi connectivity index (χ1) is 9.87. The van der Waals surface area contributed by atoms with Crippen LogP contribution in [0.2, 0.25) is 0 Å². The third-order valence-corrected chi connectivity index (χ3v) is 4.14. The van der Waals surface area contributed by atoms with E-state index in [2.05, 4.69) is 15.5 Å². The van der Waals surface area contributed by atoms with Gasteiger partial charge in [-0.3, -0.25) is 4.90 Å². The lowest BCUT2D eigenvalue weighted by Crippen LogP contribution is -2.51. The summed E-state index contributed by atoms with van der Waals surface area (Å²) in [6.07, 6.45) is -3.16. The molecule has 21 heavy (non-hydrogen) atoms. The van der Waals surface area contributed by atoms with Crippen molar-refractivity contribution in [3.8, 4) is 0 Å². The average molecular weight is 305 g/mol. The van der Waals surface area contributed by atoms with Crippen molar-refractivity contribution < 1.29 is 18.3 Å². The van der Waals surface area contributed by atoms with Gasteiger partial charge in [0.05, 0.1) is 12.1 Å². The molecule has 0 radical (unpaired) electrons. The first-order valence-electron chi connectivity index (χ1n) is 7.02.